The summed E-state index contributed by atoms with van der Waals surface area (Å²) in [5.74, 6) is -0.176. The first-order chi connectivity index (χ1) is 17.6. The van der Waals surface area contributed by atoms with Crippen molar-refractivity contribution >= 4 is 29.9 Å². The van der Waals surface area contributed by atoms with E-state index in [1.54, 1.807) is 24.3 Å². The molecule has 0 amide bonds. The molecule has 198 valence electrons. The number of aliphatic hydroxyl groups is 2. The lowest BCUT2D eigenvalue weighted by molar-refractivity contribution is -0.380. The Hall–Kier alpha value is -3.01. The summed E-state index contributed by atoms with van der Waals surface area (Å²) >= 11 is 0.871. The van der Waals surface area contributed by atoms with Gasteiger partial charge in [0.1, 0.15) is 30.2 Å². The van der Waals surface area contributed by atoms with E-state index >= 15 is 0 Å². The van der Waals surface area contributed by atoms with Gasteiger partial charge in [-0.15, -0.1) is 0 Å². The summed E-state index contributed by atoms with van der Waals surface area (Å²) in [5.41, 5.74) is 6.02. The van der Waals surface area contributed by atoms with Gasteiger partial charge >= 0.3 is 18.4 Å². The third kappa shape index (κ3) is 6.66. The van der Waals surface area contributed by atoms with E-state index in [-0.39, 0.29) is 29.5 Å². The van der Waals surface area contributed by atoms with Gasteiger partial charge in [0.2, 0.25) is 0 Å². The number of aromatic amines is 1. The maximum atomic E-state index is 13.5. The first-order valence-electron chi connectivity index (χ1n) is 10.9. The Morgan fingerprint density at radius 1 is 1.22 bits per heavy atom. The van der Waals surface area contributed by atoms with Gasteiger partial charge in [0, 0.05) is 29.2 Å². The van der Waals surface area contributed by atoms with E-state index in [1.807, 2.05) is 6.07 Å². The van der Waals surface area contributed by atoms with Crippen LogP contribution in [0.1, 0.15) is 22.1 Å². The van der Waals surface area contributed by atoms with Gasteiger partial charge < -0.3 is 25.7 Å². The molecule has 1 saturated heterocycles. The molecule has 0 bridgehead atoms. The Kier molecular flexibility index (Phi) is 8.46. The normalized spacial score (nSPS) is 23.1. The van der Waals surface area contributed by atoms with Crippen LogP contribution in [0.4, 0.5) is 10.8 Å². The van der Waals surface area contributed by atoms with Gasteiger partial charge in [0.05, 0.1) is 18.1 Å². The fourth-order valence-corrected chi connectivity index (χ4v) is 5.67. The number of nitrogen functional groups attached to an aromatic ring is 1. The van der Waals surface area contributed by atoms with Crippen LogP contribution in [0.5, 0.6) is 0 Å². The molecule has 0 saturated carbocycles. The number of ether oxygens (including phenoxy) is 1. The van der Waals surface area contributed by atoms with E-state index in [0.29, 0.717) is 4.88 Å². The van der Waals surface area contributed by atoms with E-state index in [4.69, 9.17) is 19.5 Å². The lowest BCUT2D eigenvalue weighted by atomic mass is 10.0. The molecule has 1 unspecified atom stereocenters. The Balaban J connectivity index is 1.45. The molecule has 1 aliphatic rings. The van der Waals surface area contributed by atoms with Crippen LogP contribution in [0.2, 0.25) is 0 Å². The molecule has 3 heterocycles. The van der Waals surface area contributed by atoms with E-state index in [9.17, 15) is 29.7 Å². The molecule has 2 aromatic heterocycles. The van der Waals surface area contributed by atoms with Gasteiger partial charge in [-0.05, 0) is 11.6 Å². The highest BCUT2D eigenvalue weighted by Crippen LogP contribution is 2.47. The van der Waals surface area contributed by atoms with Crippen molar-refractivity contribution in [3.8, 4) is 0 Å². The average molecular weight is 553 g/mol. The number of nitro groups is 1. The number of hydrogen-bond donors (Lipinski definition) is 5. The quantitative estimate of drug-likeness (QED) is 0.130. The smallest absolute Gasteiger partial charge is 0.387 e. The van der Waals surface area contributed by atoms with Crippen molar-refractivity contribution in [1.29, 1.82) is 0 Å². The molecular formula is C21H24N5O9PS. The van der Waals surface area contributed by atoms with Gasteiger partial charge in [0.15, 0.2) is 0 Å². The van der Waals surface area contributed by atoms with Crippen molar-refractivity contribution in [2.24, 2.45) is 0 Å². The zero-order valence-corrected chi connectivity index (χ0v) is 20.8. The maximum absolute atomic E-state index is 13.5. The molecule has 6 N–H and O–H groups in total. The van der Waals surface area contributed by atoms with Crippen LogP contribution in [-0.2, 0) is 31.5 Å². The second-order valence-corrected chi connectivity index (χ2v) is 11.0. The van der Waals surface area contributed by atoms with Gasteiger partial charge in [-0.25, -0.2) is 14.4 Å². The largest absolute Gasteiger partial charge is 0.406 e. The highest BCUT2D eigenvalue weighted by Gasteiger charge is 2.45. The number of nitrogens with two attached hydrogens (primary N) is 1. The van der Waals surface area contributed by atoms with E-state index in [1.165, 1.54) is 18.3 Å². The summed E-state index contributed by atoms with van der Waals surface area (Å²) in [7, 11) is -4.04. The minimum atomic E-state index is -4.04. The number of H-pyrrole nitrogens is 1. The number of rotatable bonds is 11. The number of anilines is 1. The maximum Gasteiger partial charge on any atom is 0.406 e. The Labute approximate surface area is 213 Å². The Morgan fingerprint density at radius 2 is 1.97 bits per heavy atom. The molecule has 37 heavy (non-hydrogen) atoms. The predicted octanol–water partition coefficient (Wildman–Crippen LogP) is 1.61. The highest BCUT2D eigenvalue weighted by atomic mass is 32.1. The van der Waals surface area contributed by atoms with Crippen LogP contribution in [0.15, 0.2) is 53.5 Å². The van der Waals surface area contributed by atoms with E-state index in [0.717, 1.165) is 16.9 Å². The van der Waals surface area contributed by atoms with Crippen LogP contribution in [0.3, 0.4) is 0 Å². The van der Waals surface area contributed by atoms with Gasteiger partial charge in [0.25, 0.3) is 0 Å². The summed E-state index contributed by atoms with van der Waals surface area (Å²) in [4.78, 5) is 28.1. The van der Waals surface area contributed by atoms with Crippen molar-refractivity contribution in [3.63, 3.8) is 0 Å². The Morgan fingerprint density at radius 3 is 2.65 bits per heavy atom. The van der Waals surface area contributed by atoms with Crippen LogP contribution in [0.25, 0.3) is 0 Å². The van der Waals surface area contributed by atoms with Crippen molar-refractivity contribution in [1.82, 2.24) is 15.1 Å². The topological polar surface area (TPSA) is 212 Å². The molecule has 5 atom stereocenters. The summed E-state index contributed by atoms with van der Waals surface area (Å²) in [6.07, 6.45) is -3.92. The molecule has 1 aliphatic heterocycles. The molecule has 4 rings (SSSR count). The first kappa shape index (κ1) is 27.0. The van der Waals surface area contributed by atoms with Gasteiger partial charge in [-0.1, -0.05) is 41.7 Å². The van der Waals surface area contributed by atoms with E-state index < -0.39 is 49.4 Å². The standard InChI is InChI=1S/C21H24N5O9PS/c22-20-14(9-23-21(29)25-20)19-18(28)17(27)15(35-19)11-34-36(32,24-8-12-4-2-1-3-5-12)33-10-13-6-7-16(37-13)26(30)31/h1-7,9,15,17-19,27-28H,8,10-11H2,(H,24,32)(H3,22,23,25,29)/t15-,17-,18+,19-,36?/m1/s1. The third-order valence-corrected chi connectivity index (χ3v) is 7.98. The highest BCUT2D eigenvalue weighted by molar-refractivity contribution is 7.51. The summed E-state index contributed by atoms with van der Waals surface area (Å²) in [5, 5.41) is 34.6. The molecule has 14 nitrogen and oxygen atoms in total. The van der Waals surface area contributed by atoms with Crippen LogP contribution in [0, 0.1) is 10.1 Å². The minimum Gasteiger partial charge on any atom is -0.387 e. The first-order valence-corrected chi connectivity index (χ1v) is 13.3. The Bertz CT molecular complexity index is 1340. The number of nitrogens with one attached hydrogen (secondary N) is 2. The number of hydrogen-bond acceptors (Lipinski definition) is 12. The van der Waals surface area contributed by atoms with Gasteiger partial charge in [-0.3, -0.25) is 19.2 Å². The average Bonchev–Trinajstić information content (AvgIpc) is 3.47. The molecule has 0 radical (unpaired) electrons. The molecule has 0 aliphatic carbocycles. The molecule has 1 aromatic carbocycles. The van der Waals surface area contributed by atoms with Crippen molar-refractivity contribution in [3.05, 3.63) is 85.3 Å². The van der Waals surface area contributed by atoms with Crippen LogP contribution < -0.4 is 16.5 Å². The fraction of sp³-hybridized carbons (Fsp3) is 0.333. The van der Waals surface area contributed by atoms with Crippen LogP contribution in [-0.4, -0.2) is 50.0 Å². The monoisotopic (exact) mass is 553 g/mol. The molecule has 0 spiro atoms. The number of aliphatic hydroxyl groups excluding tert-OH is 2. The minimum absolute atomic E-state index is 0.0925. The summed E-state index contributed by atoms with van der Waals surface area (Å²) in [6.45, 7) is -0.576. The molecular weight excluding hydrogens is 529 g/mol. The zero-order valence-electron chi connectivity index (χ0n) is 19.1. The second-order valence-electron chi connectivity index (χ2n) is 8.01. The second kappa shape index (κ2) is 11.6. The summed E-state index contributed by atoms with van der Waals surface area (Å²) < 4.78 is 30.3. The molecule has 16 heteroatoms. The zero-order chi connectivity index (χ0) is 26.6. The lowest BCUT2D eigenvalue weighted by Gasteiger charge is -2.22. The summed E-state index contributed by atoms with van der Waals surface area (Å²) in [6, 6.07) is 11.8. The predicted molar refractivity (Wildman–Crippen MR) is 132 cm³/mol. The van der Waals surface area contributed by atoms with Crippen molar-refractivity contribution < 1.29 is 33.5 Å². The number of aromatic nitrogens is 2. The van der Waals surface area contributed by atoms with Crippen molar-refractivity contribution in [2.75, 3.05) is 12.3 Å². The molecule has 1 fully saturated rings. The van der Waals surface area contributed by atoms with Crippen LogP contribution >= 0.6 is 19.1 Å². The SMILES string of the molecule is Nc1nc(=O)[nH]cc1[C@H]1O[C@H](COP(=O)(NCc2ccccc2)OCc2ccc([N+](=O)[O-])s2)[C@@H](O)[C@@H]1O. The number of thiophene rings is 1. The van der Waals surface area contributed by atoms with Gasteiger partial charge in [-0.2, -0.15) is 4.98 Å². The van der Waals surface area contributed by atoms with E-state index in [2.05, 4.69) is 15.1 Å². The number of benzene rings is 1. The lowest BCUT2D eigenvalue weighted by Crippen LogP contribution is -2.33. The third-order valence-electron chi connectivity index (χ3n) is 5.47. The van der Waals surface area contributed by atoms with Crippen molar-refractivity contribution in [2.45, 2.75) is 37.6 Å². The number of nitrogens with zero attached hydrogens (tertiary/aromatic N) is 2. The molecule has 3 aromatic rings. The fourth-order valence-electron chi connectivity index (χ4n) is 3.57.